The Labute approximate surface area is 191 Å². The molecular formula is C23H28O10. The van der Waals surface area contributed by atoms with E-state index >= 15 is 0 Å². The van der Waals surface area contributed by atoms with Crippen LogP contribution in [-0.2, 0) is 42.8 Å². The van der Waals surface area contributed by atoms with Crippen LogP contribution in [-0.4, -0.2) is 67.9 Å². The van der Waals surface area contributed by atoms with E-state index in [1.165, 1.54) is 20.8 Å². The second kappa shape index (κ2) is 9.28. The van der Waals surface area contributed by atoms with Gasteiger partial charge in [0.05, 0.1) is 19.8 Å². The zero-order valence-corrected chi connectivity index (χ0v) is 19.0. The highest BCUT2D eigenvalue weighted by molar-refractivity contribution is 5.68. The molecule has 0 amide bonds. The van der Waals surface area contributed by atoms with Gasteiger partial charge in [-0.15, -0.1) is 0 Å². The smallest absolute Gasteiger partial charge is 0.303 e. The van der Waals surface area contributed by atoms with Crippen molar-refractivity contribution >= 4 is 17.9 Å². The minimum atomic E-state index is -1.51. The molecule has 1 aromatic carbocycles. The summed E-state index contributed by atoms with van der Waals surface area (Å²) < 4.78 is 40.7. The molecule has 1 aliphatic carbocycles. The Morgan fingerprint density at radius 2 is 1.64 bits per heavy atom. The Kier molecular flexibility index (Phi) is 6.60. The third-order valence-corrected chi connectivity index (χ3v) is 6.03. The number of carbonyl (C=O) groups is 3. The highest BCUT2D eigenvalue weighted by Gasteiger charge is 2.67. The largest absolute Gasteiger partial charge is 0.497 e. The fourth-order valence-electron chi connectivity index (χ4n) is 4.80. The lowest BCUT2D eigenvalue weighted by Gasteiger charge is -2.58. The van der Waals surface area contributed by atoms with E-state index in [2.05, 4.69) is 0 Å². The summed E-state index contributed by atoms with van der Waals surface area (Å²) >= 11 is 0. The SMILES string of the molecule is COc1ccc([C@@H]2O[C@H]3C[C@H](OC(C)=O)[C@H](OC(C)=O)[C@H](OC(C)=O)[C@]34OCC[C@H]2O4)cc1. The molecule has 2 heterocycles. The monoisotopic (exact) mass is 464 g/mol. The quantitative estimate of drug-likeness (QED) is 0.472. The number of esters is 3. The summed E-state index contributed by atoms with van der Waals surface area (Å²) in [5, 5.41) is 0. The van der Waals surface area contributed by atoms with Crippen molar-refractivity contribution < 1.29 is 47.5 Å². The van der Waals surface area contributed by atoms with Crippen LogP contribution in [0.25, 0.3) is 0 Å². The molecule has 0 N–H and O–H groups in total. The van der Waals surface area contributed by atoms with Crippen LogP contribution in [0.1, 0.15) is 45.3 Å². The predicted molar refractivity (Wildman–Crippen MR) is 110 cm³/mol. The molecule has 2 saturated heterocycles. The number of methoxy groups -OCH3 is 1. The van der Waals surface area contributed by atoms with Crippen LogP contribution < -0.4 is 4.74 Å². The Morgan fingerprint density at radius 3 is 2.24 bits per heavy atom. The van der Waals surface area contributed by atoms with Crippen molar-refractivity contribution in [1.29, 1.82) is 0 Å². The number of rotatable bonds is 5. The summed E-state index contributed by atoms with van der Waals surface area (Å²) in [5.74, 6) is -2.61. The molecule has 33 heavy (non-hydrogen) atoms. The van der Waals surface area contributed by atoms with Crippen molar-refractivity contribution in [3.05, 3.63) is 29.8 Å². The zero-order chi connectivity index (χ0) is 23.8. The first-order chi connectivity index (χ1) is 15.7. The van der Waals surface area contributed by atoms with Crippen molar-refractivity contribution in [2.75, 3.05) is 13.7 Å². The molecule has 180 valence electrons. The van der Waals surface area contributed by atoms with Crippen LogP contribution >= 0.6 is 0 Å². The molecular weight excluding hydrogens is 436 g/mol. The minimum absolute atomic E-state index is 0.120. The highest BCUT2D eigenvalue weighted by atomic mass is 16.8. The maximum atomic E-state index is 12.0. The number of ether oxygens (including phenoxy) is 7. The molecule has 10 heteroatoms. The standard InChI is InChI=1S/C23H28O10/c1-12(24)29-18-11-19-23(22(31-14(3)26)21(18)30-13(2)25)28-10-9-17(33-23)20(32-19)15-5-7-16(27-4)8-6-15/h5-8,17-22H,9-11H2,1-4H3/t17-,18+,19+,20+,21+,22+,23+/m1/s1. The summed E-state index contributed by atoms with van der Waals surface area (Å²) in [6.45, 7) is 4.03. The van der Waals surface area contributed by atoms with Crippen molar-refractivity contribution in [3.8, 4) is 5.75 Å². The van der Waals surface area contributed by atoms with Gasteiger partial charge in [0.1, 0.15) is 24.1 Å². The van der Waals surface area contributed by atoms with Crippen molar-refractivity contribution in [2.45, 2.75) is 76.0 Å². The molecule has 7 atom stereocenters. The van der Waals surface area contributed by atoms with E-state index in [4.69, 9.17) is 33.2 Å². The van der Waals surface area contributed by atoms with Gasteiger partial charge in [0.25, 0.3) is 0 Å². The van der Waals surface area contributed by atoms with E-state index in [9.17, 15) is 14.4 Å². The maximum Gasteiger partial charge on any atom is 0.303 e. The average Bonchev–Trinajstić information content (AvgIpc) is 2.76. The van der Waals surface area contributed by atoms with Gasteiger partial charge in [-0.2, -0.15) is 0 Å². The van der Waals surface area contributed by atoms with Crippen LogP contribution in [0.4, 0.5) is 0 Å². The van der Waals surface area contributed by atoms with E-state index in [-0.39, 0.29) is 6.42 Å². The molecule has 1 saturated carbocycles. The number of hydrogen-bond donors (Lipinski definition) is 0. The Hall–Kier alpha value is -2.69. The molecule has 3 fully saturated rings. The van der Waals surface area contributed by atoms with Gasteiger partial charge in [-0.3, -0.25) is 14.4 Å². The summed E-state index contributed by atoms with van der Waals surface area (Å²) in [5.41, 5.74) is 0.881. The van der Waals surface area contributed by atoms with E-state index in [0.29, 0.717) is 18.8 Å². The van der Waals surface area contributed by atoms with Gasteiger partial charge < -0.3 is 33.2 Å². The molecule has 10 nitrogen and oxygen atoms in total. The van der Waals surface area contributed by atoms with Crippen LogP contribution in [0.2, 0.25) is 0 Å². The zero-order valence-electron chi connectivity index (χ0n) is 19.0. The van der Waals surface area contributed by atoms with E-state index in [0.717, 1.165) is 5.56 Å². The Balaban J connectivity index is 1.71. The molecule has 0 radical (unpaired) electrons. The molecule has 1 spiro atoms. The molecule has 3 aliphatic rings. The second-order valence-corrected chi connectivity index (χ2v) is 8.32. The van der Waals surface area contributed by atoms with Crippen molar-refractivity contribution in [1.82, 2.24) is 0 Å². The van der Waals surface area contributed by atoms with E-state index in [1.54, 1.807) is 7.11 Å². The lowest BCUT2D eigenvalue weighted by Crippen LogP contribution is -2.74. The van der Waals surface area contributed by atoms with Crippen molar-refractivity contribution in [2.24, 2.45) is 0 Å². The van der Waals surface area contributed by atoms with Gasteiger partial charge in [-0.1, -0.05) is 12.1 Å². The number of hydrogen-bond acceptors (Lipinski definition) is 10. The molecule has 0 unspecified atom stereocenters. The molecule has 4 rings (SSSR count). The first-order valence-electron chi connectivity index (χ1n) is 10.9. The first kappa shape index (κ1) is 23.5. The van der Waals surface area contributed by atoms with Crippen LogP contribution in [0.15, 0.2) is 24.3 Å². The summed E-state index contributed by atoms with van der Waals surface area (Å²) in [4.78, 5) is 35.7. The Morgan fingerprint density at radius 1 is 0.970 bits per heavy atom. The summed E-state index contributed by atoms with van der Waals surface area (Å²) in [6.07, 6.45) is -4.16. The third-order valence-electron chi connectivity index (χ3n) is 6.03. The third kappa shape index (κ3) is 4.55. The highest BCUT2D eigenvalue weighted by Crippen LogP contribution is 2.50. The molecule has 0 aromatic heterocycles. The van der Waals surface area contributed by atoms with Crippen molar-refractivity contribution in [3.63, 3.8) is 0 Å². The van der Waals surface area contributed by atoms with Gasteiger partial charge in [0.2, 0.25) is 5.79 Å². The lowest BCUT2D eigenvalue weighted by atomic mass is 9.80. The number of benzene rings is 1. The maximum absolute atomic E-state index is 12.0. The summed E-state index contributed by atoms with van der Waals surface area (Å²) in [7, 11) is 1.59. The Bertz CT molecular complexity index is 899. The summed E-state index contributed by atoms with van der Waals surface area (Å²) in [6, 6.07) is 7.46. The molecule has 2 bridgehead atoms. The van der Waals surface area contributed by atoms with Gasteiger partial charge in [-0.25, -0.2) is 0 Å². The second-order valence-electron chi connectivity index (χ2n) is 8.32. The van der Waals surface area contributed by atoms with Crippen LogP contribution in [0.5, 0.6) is 5.75 Å². The normalized spacial score (nSPS) is 35.0. The fourth-order valence-corrected chi connectivity index (χ4v) is 4.80. The lowest BCUT2D eigenvalue weighted by molar-refractivity contribution is -0.438. The minimum Gasteiger partial charge on any atom is -0.497 e. The number of fused-ring (bicyclic) bond motifs is 1. The molecule has 2 aliphatic heterocycles. The van der Waals surface area contributed by atoms with Crippen LogP contribution in [0, 0.1) is 0 Å². The van der Waals surface area contributed by atoms with Gasteiger partial charge >= 0.3 is 17.9 Å². The van der Waals surface area contributed by atoms with E-state index in [1.807, 2.05) is 24.3 Å². The first-order valence-corrected chi connectivity index (χ1v) is 10.9. The van der Waals surface area contributed by atoms with Gasteiger partial charge in [0.15, 0.2) is 12.2 Å². The van der Waals surface area contributed by atoms with E-state index < -0.39 is 60.3 Å². The molecule has 1 aromatic rings. The van der Waals surface area contributed by atoms with Gasteiger partial charge in [0, 0.05) is 33.6 Å². The average molecular weight is 464 g/mol. The topological polar surface area (TPSA) is 116 Å². The van der Waals surface area contributed by atoms with Gasteiger partial charge in [-0.05, 0) is 17.7 Å². The predicted octanol–water partition coefficient (Wildman–Crippen LogP) is 1.84. The fraction of sp³-hybridized carbons (Fsp3) is 0.609. The van der Waals surface area contributed by atoms with Crippen LogP contribution in [0.3, 0.4) is 0 Å². The number of carbonyl (C=O) groups excluding carboxylic acids is 3.